The number of nitrogens with one attached hydrogen (secondary N) is 1. The molecule has 12 heavy (non-hydrogen) atoms. The van der Waals surface area contributed by atoms with Crippen molar-refractivity contribution in [3.63, 3.8) is 0 Å². The molecular weight excluding hydrogens is 150 g/mol. The van der Waals surface area contributed by atoms with Crippen LogP contribution in [0, 0.1) is 5.41 Å². The Morgan fingerprint density at radius 1 is 1.33 bits per heavy atom. The van der Waals surface area contributed by atoms with Gasteiger partial charge in [-0.15, -0.1) is 0 Å². The van der Waals surface area contributed by atoms with Gasteiger partial charge in [-0.25, -0.2) is 0 Å². The molecule has 2 atom stereocenters. The van der Waals surface area contributed by atoms with Gasteiger partial charge in [0.05, 0.1) is 6.10 Å². The van der Waals surface area contributed by atoms with E-state index in [4.69, 9.17) is 0 Å². The van der Waals surface area contributed by atoms with Crippen molar-refractivity contribution in [3.8, 4) is 0 Å². The van der Waals surface area contributed by atoms with E-state index in [9.17, 15) is 5.11 Å². The summed E-state index contributed by atoms with van der Waals surface area (Å²) in [5.74, 6) is 0. The predicted molar refractivity (Wildman–Crippen MR) is 49.0 cm³/mol. The van der Waals surface area contributed by atoms with Crippen molar-refractivity contribution >= 4 is 0 Å². The molecule has 0 bridgehead atoms. The van der Waals surface area contributed by atoms with Gasteiger partial charge in [-0.2, -0.15) is 0 Å². The maximum absolute atomic E-state index is 9.51. The van der Waals surface area contributed by atoms with Crippen LogP contribution >= 0.6 is 0 Å². The SMILES string of the molecule is CC1(C)C(O)CC1NC1CCC1. The Balaban J connectivity index is 1.82. The van der Waals surface area contributed by atoms with Crippen LogP contribution in [0.2, 0.25) is 0 Å². The van der Waals surface area contributed by atoms with Crippen LogP contribution in [-0.4, -0.2) is 23.3 Å². The van der Waals surface area contributed by atoms with Gasteiger partial charge in [0.1, 0.15) is 0 Å². The number of hydrogen-bond acceptors (Lipinski definition) is 2. The zero-order valence-electron chi connectivity index (χ0n) is 8.01. The summed E-state index contributed by atoms with van der Waals surface area (Å²) in [5, 5.41) is 13.1. The van der Waals surface area contributed by atoms with Crippen LogP contribution in [0.1, 0.15) is 39.5 Å². The predicted octanol–water partition coefficient (Wildman–Crippen LogP) is 1.29. The largest absolute Gasteiger partial charge is 0.392 e. The van der Waals surface area contributed by atoms with E-state index in [2.05, 4.69) is 19.2 Å². The van der Waals surface area contributed by atoms with E-state index in [1.54, 1.807) is 0 Å². The van der Waals surface area contributed by atoms with E-state index >= 15 is 0 Å². The van der Waals surface area contributed by atoms with Crippen molar-refractivity contribution in [2.24, 2.45) is 5.41 Å². The third kappa shape index (κ3) is 1.17. The molecule has 2 N–H and O–H groups in total. The molecule has 2 nitrogen and oxygen atoms in total. The standard InChI is InChI=1S/C10H19NO/c1-10(2)8(6-9(10)12)11-7-4-3-5-7/h7-9,11-12H,3-6H2,1-2H3. The molecule has 0 radical (unpaired) electrons. The third-order valence-corrected chi connectivity index (χ3v) is 3.76. The summed E-state index contributed by atoms with van der Waals surface area (Å²) in [6.45, 7) is 4.30. The minimum Gasteiger partial charge on any atom is -0.392 e. The molecule has 2 aliphatic carbocycles. The lowest BCUT2D eigenvalue weighted by Gasteiger charge is -2.52. The van der Waals surface area contributed by atoms with Gasteiger partial charge >= 0.3 is 0 Å². The maximum atomic E-state index is 9.51. The Hall–Kier alpha value is -0.0800. The molecular formula is C10H19NO. The molecule has 0 amide bonds. The van der Waals surface area contributed by atoms with Crippen molar-refractivity contribution < 1.29 is 5.11 Å². The average molecular weight is 169 g/mol. The maximum Gasteiger partial charge on any atom is 0.0621 e. The molecule has 0 heterocycles. The van der Waals surface area contributed by atoms with Crippen molar-refractivity contribution in [2.45, 2.75) is 57.7 Å². The van der Waals surface area contributed by atoms with Gasteiger partial charge in [-0.3, -0.25) is 0 Å². The molecule has 2 fully saturated rings. The minimum absolute atomic E-state index is 0.0879. The molecule has 2 heteroatoms. The molecule has 0 spiro atoms. The Morgan fingerprint density at radius 2 is 2.00 bits per heavy atom. The topological polar surface area (TPSA) is 32.3 Å². The van der Waals surface area contributed by atoms with E-state index < -0.39 is 0 Å². The fraction of sp³-hybridized carbons (Fsp3) is 1.00. The summed E-state index contributed by atoms with van der Waals surface area (Å²) in [6, 6.07) is 1.31. The first-order valence-electron chi connectivity index (χ1n) is 5.05. The summed E-state index contributed by atoms with van der Waals surface area (Å²) in [5.41, 5.74) is 0.107. The highest BCUT2D eigenvalue weighted by Crippen LogP contribution is 2.41. The normalized spacial score (nSPS) is 40.2. The molecule has 2 saturated carbocycles. The third-order valence-electron chi connectivity index (χ3n) is 3.76. The highest BCUT2D eigenvalue weighted by atomic mass is 16.3. The van der Waals surface area contributed by atoms with Gasteiger partial charge in [0.25, 0.3) is 0 Å². The fourth-order valence-corrected chi connectivity index (χ4v) is 2.04. The van der Waals surface area contributed by atoms with Crippen LogP contribution in [0.15, 0.2) is 0 Å². The summed E-state index contributed by atoms with van der Waals surface area (Å²) in [4.78, 5) is 0. The molecule has 2 rings (SSSR count). The fourth-order valence-electron chi connectivity index (χ4n) is 2.04. The second-order valence-electron chi connectivity index (χ2n) is 4.92. The van der Waals surface area contributed by atoms with Gasteiger partial charge in [0, 0.05) is 17.5 Å². The van der Waals surface area contributed by atoms with Gasteiger partial charge < -0.3 is 10.4 Å². The van der Waals surface area contributed by atoms with Gasteiger partial charge in [-0.05, 0) is 19.3 Å². The Bertz CT molecular complexity index is 175. The van der Waals surface area contributed by atoms with E-state index in [-0.39, 0.29) is 11.5 Å². The number of aliphatic hydroxyl groups is 1. The zero-order valence-corrected chi connectivity index (χ0v) is 8.01. The highest BCUT2D eigenvalue weighted by molar-refractivity contribution is 5.03. The summed E-state index contributed by atoms with van der Waals surface area (Å²) in [6.07, 6.45) is 4.91. The summed E-state index contributed by atoms with van der Waals surface area (Å²) < 4.78 is 0. The lowest BCUT2D eigenvalue weighted by atomic mass is 9.64. The van der Waals surface area contributed by atoms with Crippen molar-refractivity contribution in [3.05, 3.63) is 0 Å². The Morgan fingerprint density at radius 3 is 2.33 bits per heavy atom. The molecule has 2 aliphatic rings. The molecule has 0 aromatic rings. The molecule has 0 aliphatic heterocycles. The van der Waals surface area contributed by atoms with Crippen molar-refractivity contribution in [1.29, 1.82) is 0 Å². The van der Waals surface area contributed by atoms with Crippen molar-refractivity contribution in [2.75, 3.05) is 0 Å². The molecule has 0 aromatic heterocycles. The van der Waals surface area contributed by atoms with Crippen LogP contribution in [-0.2, 0) is 0 Å². The van der Waals surface area contributed by atoms with Crippen LogP contribution in [0.25, 0.3) is 0 Å². The van der Waals surface area contributed by atoms with Gasteiger partial charge in [0.2, 0.25) is 0 Å². The summed E-state index contributed by atoms with van der Waals surface area (Å²) in [7, 11) is 0. The second-order valence-corrected chi connectivity index (χ2v) is 4.92. The monoisotopic (exact) mass is 169 g/mol. The molecule has 2 unspecified atom stereocenters. The summed E-state index contributed by atoms with van der Waals surface area (Å²) >= 11 is 0. The first-order valence-corrected chi connectivity index (χ1v) is 5.05. The average Bonchev–Trinajstić information content (AvgIpc) is 1.93. The van der Waals surface area contributed by atoms with Gasteiger partial charge in [-0.1, -0.05) is 20.3 Å². The first-order chi connectivity index (χ1) is 5.60. The van der Waals surface area contributed by atoms with E-state index in [0.29, 0.717) is 6.04 Å². The molecule has 70 valence electrons. The first kappa shape index (κ1) is 8.52. The van der Waals surface area contributed by atoms with Crippen LogP contribution in [0.5, 0.6) is 0 Å². The highest BCUT2D eigenvalue weighted by Gasteiger charge is 2.47. The van der Waals surface area contributed by atoms with E-state index in [0.717, 1.165) is 12.5 Å². The second kappa shape index (κ2) is 2.71. The zero-order chi connectivity index (χ0) is 8.77. The van der Waals surface area contributed by atoms with Crippen LogP contribution < -0.4 is 5.32 Å². The number of hydrogen-bond donors (Lipinski definition) is 2. The molecule has 0 saturated heterocycles. The lowest BCUT2D eigenvalue weighted by molar-refractivity contribution is -0.0786. The Labute approximate surface area is 74.4 Å². The van der Waals surface area contributed by atoms with Crippen molar-refractivity contribution in [1.82, 2.24) is 5.32 Å². The minimum atomic E-state index is -0.0879. The Kier molecular flexibility index (Phi) is 1.92. The number of aliphatic hydroxyl groups excluding tert-OH is 1. The van der Waals surface area contributed by atoms with Crippen LogP contribution in [0.4, 0.5) is 0 Å². The quantitative estimate of drug-likeness (QED) is 0.653. The van der Waals surface area contributed by atoms with Crippen LogP contribution in [0.3, 0.4) is 0 Å². The van der Waals surface area contributed by atoms with Gasteiger partial charge in [0.15, 0.2) is 0 Å². The molecule has 0 aromatic carbocycles. The van der Waals surface area contributed by atoms with E-state index in [1.807, 2.05) is 0 Å². The smallest absolute Gasteiger partial charge is 0.0621 e. The lowest BCUT2D eigenvalue weighted by Crippen LogP contribution is -2.62. The van der Waals surface area contributed by atoms with E-state index in [1.165, 1.54) is 19.3 Å². The number of rotatable bonds is 2.